The van der Waals surface area contributed by atoms with Gasteiger partial charge in [0.1, 0.15) is 0 Å². The van der Waals surface area contributed by atoms with E-state index in [1.807, 2.05) is 4.90 Å². The van der Waals surface area contributed by atoms with E-state index in [0.717, 1.165) is 19.5 Å². The summed E-state index contributed by atoms with van der Waals surface area (Å²) in [6.45, 7) is 5.84. The number of piperidine rings is 1. The third-order valence-corrected chi connectivity index (χ3v) is 5.37. The summed E-state index contributed by atoms with van der Waals surface area (Å²) in [5.74, 6) is 1.06. The Hall–Kier alpha value is -1.07. The highest BCUT2D eigenvalue weighted by atomic mass is 35.7. The van der Waals surface area contributed by atoms with E-state index in [2.05, 4.69) is 13.8 Å². The van der Waals surface area contributed by atoms with Crippen molar-refractivity contribution in [3.05, 3.63) is 29.8 Å². The number of carbonyl (C=O) groups is 1. The summed E-state index contributed by atoms with van der Waals surface area (Å²) in [5.41, 5.74) is 0.496. The molecule has 0 aliphatic carbocycles. The Labute approximate surface area is 124 Å². The van der Waals surface area contributed by atoms with Gasteiger partial charge in [-0.15, -0.1) is 0 Å². The predicted molar refractivity (Wildman–Crippen MR) is 78.3 cm³/mol. The number of likely N-dealkylation sites (tertiary alicyclic amines) is 1. The molecule has 0 bridgehead atoms. The van der Waals surface area contributed by atoms with E-state index < -0.39 is 9.05 Å². The second-order valence-electron chi connectivity index (χ2n) is 5.46. The van der Waals surface area contributed by atoms with Gasteiger partial charge in [-0.1, -0.05) is 13.8 Å². The molecular weight excluding hydrogens is 298 g/mol. The number of hydrogen-bond acceptors (Lipinski definition) is 3. The van der Waals surface area contributed by atoms with Crippen LogP contribution in [0.4, 0.5) is 0 Å². The molecule has 1 aliphatic rings. The number of benzene rings is 1. The van der Waals surface area contributed by atoms with Crippen LogP contribution in [0.3, 0.4) is 0 Å². The first-order valence-corrected chi connectivity index (χ1v) is 8.94. The zero-order valence-electron chi connectivity index (χ0n) is 11.5. The van der Waals surface area contributed by atoms with Gasteiger partial charge in [0.05, 0.1) is 4.90 Å². The monoisotopic (exact) mass is 315 g/mol. The number of nitrogens with zero attached hydrogens (tertiary/aromatic N) is 1. The van der Waals surface area contributed by atoms with Crippen LogP contribution >= 0.6 is 10.7 Å². The zero-order valence-corrected chi connectivity index (χ0v) is 13.1. The molecule has 2 unspecified atom stereocenters. The lowest BCUT2D eigenvalue weighted by molar-refractivity contribution is 0.0627. The normalized spacial score (nSPS) is 23.6. The van der Waals surface area contributed by atoms with Crippen molar-refractivity contribution < 1.29 is 13.2 Å². The number of hydrogen-bond donors (Lipinski definition) is 0. The molecule has 1 aromatic rings. The SMILES string of the molecule is CC1CCN(C(=O)c2ccc(S(=O)(=O)Cl)cc2)CC1C. The maximum atomic E-state index is 12.4. The summed E-state index contributed by atoms with van der Waals surface area (Å²) >= 11 is 0. The molecule has 1 heterocycles. The van der Waals surface area contributed by atoms with Crippen molar-refractivity contribution in [3.8, 4) is 0 Å². The van der Waals surface area contributed by atoms with E-state index in [9.17, 15) is 13.2 Å². The Bertz CT molecular complexity index is 597. The van der Waals surface area contributed by atoms with Crippen molar-refractivity contribution in [2.75, 3.05) is 13.1 Å². The van der Waals surface area contributed by atoms with E-state index in [1.165, 1.54) is 24.3 Å². The molecule has 1 aromatic carbocycles. The molecule has 0 radical (unpaired) electrons. The Morgan fingerprint density at radius 3 is 2.30 bits per heavy atom. The first-order chi connectivity index (χ1) is 9.29. The third-order valence-electron chi connectivity index (χ3n) is 4.00. The van der Waals surface area contributed by atoms with Gasteiger partial charge in [0.25, 0.3) is 15.0 Å². The summed E-state index contributed by atoms with van der Waals surface area (Å²) in [6.07, 6.45) is 1.00. The molecule has 0 saturated carbocycles. The van der Waals surface area contributed by atoms with Gasteiger partial charge in [0.2, 0.25) is 0 Å². The van der Waals surface area contributed by atoms with Crippen LogP contribution in [0.15, 0.2) is 29.2 Å². The van der Waals surface area contributed by atoms with Gasteiger partial charge in [-0.05, 0) is 42.5 Å². The Morgan fingerprint density at radius 2 is 1.80 bits per heavy atom. The van der Waals surface area contributed by atoms with Crippen molar-refractivity contribution >= 4 is 25.6 Å². The molecule has 2 rings (SSSR count). The van der Waals surface area contributed by atoms with Crippen LogP contribution in [-0.2, 0) is 9.05 Å². The predicted octanol–water partition coefficient (Wildman–Crippen LogP) is 2.73. The van der Waals surface area contributed by atoms with Crippen molar-refractivity contribution in [2.45, 2.75) is 25.2 Å². The molecule has 4 nitrogen and oxygen atoms in total. The number of halogens is 1. The van der Waals surface area contributed by atoms with Crippen molar-refractivity contribution in [1.82, 2.24) is 4.90 Å². The maximum absolute atomic E-state index is 12.4. The van der Waals surface area contributed by atoms with Crippen LogP contribution < -0.4 is 0 Å². The van der Waals surface area contributed by atoms with E-state index in [4.69, 9.17) is 10.7 Å². The first kappa shape index (κ1) is 15.3. The fourth-order valence-electron chi connectivity index (χ4n) is 2.39. The fourth-order valence-corrected chi connectivity index (χ4v) is 3.16. The molecule has 1 amide bonds. The van der Waals surface area contributed by atoms with Gasteiger partial charge >= 0.3 is 0 Å². The summed E-state index contributed by atoms with van der Waals surface area (Å²) in [5, 5.41) is 0. The summed E-state index contributed by atoms with van der Waals surface area (Å²) < 4.78 is 22.3. The van der Waals surface area contributed by atoms with E-state index in [1.54, 1.807) is 0 Å². The Kier molecular flexibility index (Phi) is 4.39. The van der Waals surface area contributed by atoms with Gasteiger partial charge in [0.15, 0.2) is 0 Å². The van der Waals surface area contributed by atoms with Crippen LogP contribution in [0.25, 0.3) is 0 Å². The molecule has 2 atom stereocenters. The number of amides is 1. The molecule has 1 fully saturated rings. The van der Waals surface area contributed by atoms with Crippen LogP contribution in [0.5, 0.6) is 0 Å². The fraction of sp³-hybridized carbons (Fsp3) is 0.500. The molecular formula is C14H18ClNO3S. The molecule has 0 N–H and O–H groups in total. The Balaban J connectivity index is 2.14. The lowest BCUT2D eigenvalue weighted by Gasteiger charge is -2.35. The van der Waals surface area contributed by atoms with Crippen molar-refractivity contribution in [3.63, 3.8) is 0 Å². The largest absolute Gasteiger partial charge is 0.338 e. The second-order valence-corrected chi connectivity index (χ2v) is 8.02. The smallest absolute Gasteiger partial charge is 0.261 e. The number of rotatable bonds is 2. The summed E-state index contributed by atoms with van der Waals surface area (Å²) in [6, 6.07) is 5.76. The van der Waals surface area contributed by atoms with Crippen LogP contribution in [0.2, 0.25) is 0 Å². The minimum Gasteiger partial charge on any atom is -0.338 e. The van der Waals surface area contributed by atoms with Gasteiger partial charge in [-0.2, -0.15) is 0 Å². The summed E-state index contributed by atoms with van der Waals surface area (Å²) in [7, 11) is 1.51. The van der Waals surface area contributed by atoms with Crippen LogP contribution in [0, 0.1) is 11.8 Å². The van der Waals surface area contributed by atoms with E-state index >= 15 is 0 Å². The van der Waals surface area contributed by atoms with Crippen LogP contribution in [-0.4, -0.2) is 32.3 Å². The average molecular weight is 316 g/mol. The lowest BCUT2D eigenvalue weighted by Crippen LogP contribution is -2.42. The molecule has 1 aliphatic heterocycles. The lowest BCUT2D eigenvalue weighted by atomic mass is 9.88. The highest BCUT2D eigenvalue weighted by Gasteiger charge is 2.26. The topological polar surface area (TPSA) is 54.5 Å². The molecule has 6 heteroatoms. The summed E-state index contributed by atoms with van der Waals surface area (Å²) in [4.78, 5) is 14.2. The second kappa shape index (κ2) is 5.74. The minimum absolute atomic E-state index is 0.0105. The average Bonchev–Trinajstić information content (AvgIpc) is 2.40. The third kappa shape index (κ3) is 3.33. The quantitative estimate of drug-likeness (QED) is 0.789. The molecule has 110 valence electrons. The molecule has 1 saturated heterocycles. The highest BCUT2D eigenvalue weighted by Crippen LogP contribution is 2.24. The van der Waals surface area contributed by atoms with Gasteiger partial charge in [0, 0.05) is 29.3 Å². The highest BCUT2D eigenvalue weighted by molar-refractivity contribution is 8.13. The maximum Gasteiger partial charge on any atom is 0.261 e. The molecule has 0 aromatic heterocycles. The molecule has 0 spiro atoms. The van der Waals surface area contributed by atoms with Gasteiger partial charge < -0.3 is 4.90 Å². The van der Waals surface area contributed by atoms with Crippen molar-refractivity contribution in [2.24, 2.45) is 11.8 Å². The molecule has 20 heavy (non-hydrogen) atoms. The van der Waals surface area contributed by atoms with Gasteiger partial charge in [-0.3, -0.25) is 4.79 Å². The Morgan fingerprint density at radius 1 is 1.20 bits per heavy atom. The number of carbonyl (C=O) groups excluding carboxylic acids is 1. The minimum atomic E-state index is -3.74. The van der Waals surface area contributed by atoms with Crippen molar-refractivity contribution in [1.29, 1.82) is 0 Å². The standard InChI is InChI=1S/C14H18ClNO3S/c1-10-7-8-16(9-11(10)2)14(17)12-3-5-13(6-4-12)20(15,18)19/h3-6,10-11H,7-9H2,1-2H3. The van der Waals surface area contributed by atoms with Gasteiger partial charge in [-0.25, -0.2) is 8.42 Å². The van der Waals surface area contributed by atoms with Crippen LogP contribution in [0.1, 0.15) is 30.6 Å². The zero-order chi connectivity index (χ0) is 14.9. The van der Waals surface area contributed by atoms with E-state index in [-0.39, 0.29) is 10.8 Å². The first-order valence-electron chi connectivity index (χ1n) is 6.63. The van der Waals surface area contributed by atoms with E-state index in [0.29, 0.717) is 17.4 Å².